The topological polar surface area (TPSA) is 97.1 Å². The number of sulfonamides is 1. The van der Waals surface area contributed by atoms with E-state index in [1.807, 2.05) is 0 Å². The van der Waals surface area contributed by atoms with E-state index in [4.69, 9.17) is 0 Å². The van der Waals surface area contributed by atoms with Crippen molar-refractivity contribution >= 4 is 10.0 Å². The lowest BCUT2D eigenvalue weighted by Gasteiger charge is -2.07. The van der Waals surface area contributed by atoms with Gasteiger partial charge in [0.15, 0.2) is 5.82 Å². The summed E-state index contributed by atoms with van der Waals surface area (Å²) in [6.07, 6.45) is 1.93. The molecule has 1 aromatic carbocycles. The number of nitrogens with one attached hydrogen (secondary N) is 1. The summed E-state index contributed by atoms with van der Waals surface area (Å²) in [5, 5.41) is 13.6. The molecule has 2 N–H and O–H groups in total. The molecule has 0 aliphatic carbocycles. The fraction of sp³-hybridized carbons (Fsp3) is 0.273. The molecule has 0 atom stereocenters. The molecule has 0 saturated carbocycles. The Bertz CT molecular complexity index is 666. The van der Waals surface area contributed by atoms with Crippen LogP contribution in [0.3, 0.4) is 0 Å². The molecule has 7 nitrogen and oxygen atoms in total. The first-order chi connectivity index (χ1) is 8.99. The summed E-state index contributed by atoms with van der Waals surface area (Å²) in [6.45, 7) is 0.167. The summed E-state index contributed by atoms with van der Waals surface area (Å²) >= 11 is 0. The Hall–Kier alpha value is -1.93. The lowest BCUT2D eigenvalue weighted by Crippen LogP contribution is -2.26. The van der Waals surface area contributed by atoms with E-state index in [2.05, 4.69) is 14.8 Å². The van der Waals surface area contributed by atoms with Crippen molar-refractivity contribution in [2.75, 3.05) is 6.54 Å². The van der Waals surface area contributed by atoms with E-state index in [0.29, 0.717) is 12.2 Å². The zero-order chi connectivity index (χ0) is 13.9. The van der Waals surface area contributed by atoms with E-state index in [-0.39, 0.29) is 17.2 Å². The Morgan fingerprint density at radius 1 is 1.37 bits per heavy atom. The summed E-state index contributed by atoms with van der Waals surface area (Å²) < 4.78 is 27.8. The van der Waals surface area contributed by atoms with Gasteiger partial charge in [0.2, 0.25) is 10.0 Å². The molecule has 0 bridgehead atoms. The summed E-state index contributed by atoms with van der Waals surface area (Å²) in [6, 6.07) is 5.78. The van der Waals surface area contributed by atoms with Crippen molar-refractivity contribution in [3.8, 4) is 5.75 Å². The number of phenols is 1. The van der Waals surface area contributed by atoms with E-state index in [9.17, 15) is 13.5 Å². The van der Waals surface area contributed by atoms with Gasteiger partial charge in [-0.15, -0.1) is 0 Å². The number of para-hydroxylation sites is 1. The van der Waals surface area contributed by atoms with Crippen LogP contribution in [0.4, 0.5) is 0 Å². The number of rotatable bonds is 5. The molecule has 0 aliphatic rings. The quantitative estimate of drug-likeness (QED) is 0.807. The Balaban J connectivity index is 2.01. The van der Waals surface area contributed by atoms with Crippen LogP contribution in [0.25, 0.3) is 0 Å². The van der Waals surface area contributed by atoms with E-state index in [0.717, 1.165) is 0 Å². The molecule has 0 spiro atoms. The van der Waals surface area contributed by atoms with Crippen LogP contribution in [0.2, 0.25) is 0 Å². The zero-order valence-electron chi connectivity index (χ0n) is 10.3. The highest BCUT2D eigenvalue weighted by molar-refractivity contribution is 7.89. The normalized spacial score (nSPS) is 11.6. The van der Waals surface area contributed by atoms with Crippen molar-refractivity contribution in [2.24, 2.45) is 7.05 Å². The van der Waals surface area contributed by atoms with Gasteiger partial charge in [0, 0.05) is 20.0 Å². The van der Waals surface area contributed by atoms with Gasteiger partial charge < -0.3 is 5.11 Å². The second-order valence-electron chi connectivity index (χ2n) is 3.95. The van der Waals surface area contributed by atoms with Crippen molar-refractivity contribution in [1.82, 2.24) is 19.5 Å². The first-order valence-corrected chi connectivity index (χ1v) is 7.09. The van der Waals surface area contributed by atoms with Crippen LogP contribution in [-0.2, 0) is 23.5 Å². The van der Waals surface area contributed by atoms with Crippen LogP contribution in [0.15, 0.2) is 35.5 Å². The molecule has 1 aromatic heterocycles. The highest BCUT2D eigenvalue weighted by atomic mass is 32.2. The lowest BCUT2D eigenvalue weighted by atomic mass is 10.3. The van der Waals surface area contributed by atoms with Gasteiger partial charge in [-0.2, -0.15) is 5.10 Å². The van der Waals surface area contributed by atoms with Gasteiger partial charge >= 0.3 is 0 Å². The van der Waals surface area contributed by atoms with Gasteiger partial charge in [-0.25, -0.2) is 18.1 Å². The van der Waals surface area contributed by atoms with Gasteiger partial charge in [-0.1, -0.05) is 12.1 Å². The third-order valence-electron chi connectivity index (χ3n) is 2.44. The average molecular weight is 282 g/mol. The van der Waals surface area contributed by atoms with Crippen LogP contribution in [0.5, 0.6) is 5.75 Å². The molecule has 0 radical (unpaired) electrons. The van der Waals surface area contributed by atoms with Gasteiger partial charge in [-0.05, 0) is 12.1 Å². The summed E-state index contributed by atoms with van der Waals surface area (Å²) in [5.74, 6) is 0.286. The SMILES string of the molecule is Cn1cnc(CCNS(=O)(=O)c2ccccc2O)n1. The maximum atomic E-state index is 11.9. The van der Waals surface area contributed by atoms with E-state index in [1.165, 1.54) is 12.1 Å². The lowest BCUT2D eigenvalue weighted by molar-refractivity contribution is 0.458. The Kier molecular flexibility index (Phi) is 3.82. The maximum absolute atomic E-state index is 11.9. The molecular weight excluding hydrogens is 268 g/mol. The number of benzene rings is 1. The van der Waals surface area contributed by atoms with Crippen molar-refractivity contribution in [3.63, 3.8) is 0 Å². The molecule has 0 fully saturated rings. The summed E-state index contributed by atoms with van der Waals surface area (Å²) in [4.78, 5) is 3.86. The molecule has 1 heterocycles. The van der Waals surface area contributed by atoms with Crippen LogP contribution in [0, 0.1) is 0 Å². The van der Waals surface area contributed by atoms with Crippen LogP contribution < -0.4 is 4.72 Å². The molecule has 0 aliphatic heterocycles. The van der Waals surface area contributed by atoms with Gasteiger partial charge in [0.1, 0.15) is 17.0 Å². The fourth-order valence-electron chi connectivity index (χ4n) is 1.56. The molecular formula is C11H14N4O3S. The van der Waals surface area contributed by atoms with Crippen LogP contribution >= 0.6 is 0 Å². The minimum Gasteiger partial charge on any atom is -0.507 e. The first kappa shape index (κ1) is 13.5. The molecule has 2 aromatic rings. The van der Waals surface area contributed by atoms with Crippen molar-refractivity contribution < 1.29 is 13.5 Å². The Morgan fingerprint density at radius 3 is 2.74 bits per heavy atom. The molecule has 0 amide bonds. The highest BCUT2D eigenvalue weighted by Crippen LogP contribution is 2.20. The van der Waals surface area contributed by atoms with Gasteiger partial charge in [0.05, 0.1) is 0 Å². The number of nitrogens with zero attached hydrogens (tertiary/aromatic N) is 3. The van der Waals surface area contributed by atoms with Crippen molar-refractivity contribution in [1.29, 1.82) is 0 Å². The predicted octanol–water partition coefficient (Wildman–Crippen LogP) is 0.0417. The fourth-order valence-corrected chi connectivity index (χ4v) is 2.69. The van der Waals surface area contributed by atoms with Gasteiger partial charge in [0.25, 0.3) is 0 Å². The van der Waals surface area contributed by atoms with E-state index >= 15 is 0 Å². The molecule has 0 unspecified atom stereocenters. The Morgan fingerprint density at radius 2 is 2.11 bits per heavy atom. The van der Waals surface area contributed by atoms with E-state index < -0.39 is 10.0 Å². The maximum Gasteiger partial charge on any atom is 0.244 e. The smallest absolute Gasteiger partial charge is 0.244 e. The predicted molar refractivity (Wildman–Crippen MR) is 68.0 cm³/mol. The zero-order valence-corrected chi connectivity index (χ0v) is 11.1. The molecule has 102 valence electrons. The number of aromatic hydroxyl groups is 1. The number of hydrogen-bond acceptors (Lipinski definition) is 5. The number of hydrogen-bond donors (Lipinski definition) is 2. The molecule has 2 rings (SSSR count). The molecule has 19 heavy (non-hydrogen) atoms. The second kappa shape index (κ2) is 5.37. The van der Waals surface area contributed by atoms with Crippen molar-refractivity contribution in [2.45, 2.75) is 11.3 Å². The Labute approximate surface area is 111 Å². The van der Waals surface area contributed by atoms with Crippen molar-refractivity contribution in [3.05, 3.63) is 36.4 Å². The minimum absolute atomic E-state index is 0.135. The largest absolute Gasteiger partial charge is 0.507 e. The highest BCUT2D eigenvalue weighted by Gasteiger charge is 2.17. The number of aryl methyl sites for hydroxylation is 1. The van der Waals surface area contributed by atoms with E-state index in [1.54, 1.807) is 30.2 Å². The molecule has 0 saturated heterocycles. The number of phenolic OH excluding ortho intramolecular Hbond substituents is 1. The second-order valence-corrected chi connectivity index (χ2v) is 5.69. The monoisotopic (exact) mass is 282 g/mol. The third kappa shape index (κ3) is 3.30. The third-order valence-corrected chi connectivity index (χ3v) is 3.95. The number of aromatic nitrogens is 3. The average Bonchev–Trinajstić information content (AvgIpc) is 2.75. The van der Waals surface area contributed by atoms with Crippen LogP contribution in [0.1, 0.15) is 5.82 Å². The summed E-state index contributed by atoms with van der Waals surface area (Å²) in [7, 11) is -1.98. The summed E-state index contributed by atoms with van der Waals surface area (Å²) in [5.41, 5.74) is 0. The molecule has 8 heteroatoms. The van der Waals surface area contributed by atoms with Crippen LogP contribution in [-0.4, -0.2) is 34.8 Å². The standard InChI is InChI=1S/C11H14N4O3S/c1-15-8-12-11(14-15)6-7-13-19(17,18)10-5-3-2-4-9(10)16/h2-5,8,13,16H,6-7H2,1H3. The minimum atomic E-state index is -3.72. The first-order valence-electron chi connectivity index (χ1n) is 5.61. The van der Waals surface area contributed by atoms with Gasteiger partial charge in [-0.3, -0.25) is 4.68 Å².